The molecule has 0 aliphatic carbocycles. The van der Waals surface area contributed by atoms with Crippen molar-refractivity contribution in [2.45, 2.75) is 6.92 Å². The molecule has 1 N–H and O–H groups in total. The van der Waals surface area contributed by atoms with Gasteiger partial charge in [0.1, 0.15) is 0 Å². The molecule has 1 aromatic carbocycles. The number of hydrogen-bond acceptors (Lipinski definition) is 1. The van der Waals surface area contributed by atoms with Gasteiger partial charge in [-0.15, -0.1) is 0 Å². The van der Waals surface area contributed by atoms with Gasteiger partial charge in [0.05, 0.1) is 0 Å². The van der Waals surface area contributed by atoms with Crippen molar-refractivity contribution in [3.63, 3.8) is 0 Å². The van der Waals surface area contributed by atoms with Crippen LogP contribution in [0.15, 0.2) is 36.7 Å². The van der Waals surface area contributed by atoms with Gasteiger partial charge in [-0.3, -0.25) is 4.79 Å². The fourth-order valence-electron chi connectivity index (χ4n) is 0.922. The minimum absolute atomic E-state index is 0.573. The van der Waals surface area contributed by atoms with Crippen LogP contribution < -0.4 is 5.32 Å². The molecule has 0 bridgehead atoms. The summed E-state index contributed by atoms with van der Waals surface area (Å²) in [6.07, 6.45) is 0. The third-order valence-electron chi connectivity index (χ3n) is 1.52. The van der Waals surface area contributed by atoms with Gasteiger partial charge in [-0.25, -0.2) is 4.39 Å². The Morgan fingerprint density at radius 2 is 2.23 bits per heavy atom. The largest absolute Gasteiger partial charge is 0.320 e. The minimum Gasteiger partial charge on any atom is -0.320 e. The quantitative estimate of drug-likeness (QED) is 0.694. The highest BCUT2D eigenvalue weighted by molar-refractivity contribution is 6.01. The fraction of sp³-hybridized carbons (Fsp3) is 0.100. The van der Waals surface area contributed by atoms with Crippen LogP contribution in [0.25, 0.3) is 0 Å². The smallest absolute Gasteiger partial charge is 0.283 e. The molecule has 1 aromatic rings. The van der Waals surface area contributed by atoms with Crippen molar-refractivity contribution in [2.24, 2.45) is 0 Å². The number of hydrogen-bond donors (Lipinski definition) is 1. The van der Waals surface area contributed by atoms with Crippen LogP contribution in [0, 0.1) is 6.92 Å². The summed E-state index contributed by atoms with van der Waals surface area (Å²) in [5.41, 5.74) is 1.58. The number of benzene rings is 1. The maximum Gasteiger partial charge on any atom is 0.283 e. The Bertz CT molecular complexity index is 347. The Balaban J connectivity index is 2.75. The number of amides is 1. The van der Waals surface area contributed by atoms with E-state index in [-0.39, 0.29) is 0 Å². The van der Waals surface area contributed by atoms with Gasteiger partial charge in [-0.1, -0.05) is 18.7 Å². The SMILES string of the molecule is C=C(F)C(=O)Nc1cccc(C)c1. The van der Waals surface area contributed by atoms with Crippen LogP contribution in [-0.4, -0.2) is 5.91 Å². The first-order valence-electron chi connectivity index (χ1n) is 3.82. The molecule has 0 aliphatic rings. The molecule has 13 heavy (non-hydrogen) atoms. The average molecular weight is 179 g/mol. The molecule has 0 atom stereocenters. The first-order chi connectivity index (χ1) is 6.09. The summed E-state index contributed by atoms with van der Waals surface area (Å²) in [6.45, 7) is 4.78. The third-order valence-corrected chi connectivity index (χ3v) is 1.52. The zero-order valence-corrected chi connectivity index (χ0v) is 7.30. The Hall–Kier alpha value is -1.64. The summed E-state index contributed by atoms with van der Waals surface area (Å²) in [6, 6.07) is 7.11. The van der Waals surface area contributed by atoms with Crippen LogP contribution in [-0.2, 0) is 4.79 Å². The van der Waals surface area contributed by atoms with E-state index < -0.39 is 11.7 Å². The van der Waals surface area contributed by atoms with Gasteiger partial charge in [0.15, 0.2) is 5.83 Å². The summed E-state index contributed by atoms with van der Waals surface area (Å²) >= 11 is 0. The van der Waals surface area contributed by atoms with Crippen LogP contribution in [0.2, 0.25) is 0 Å². The second kappa shape index (κ2) is 3.85. The summed E-state index contributed by atoms with van der Waals surface area (Å²) in [5, 5.41) is 2.37. The van der Waals surface area contributed by atoms with Crippen LogP contribution in [0.3, 0.4) is 0 Å². The number of nitrogens with one attached hydrogen (secondary N) is 1. The van der Waals surface area contributed by atoms with E-state index in [1.54, 1.807) is 18.2 Å². The van der Waals surface area contributed by atoms with E-state index in [9.17, 15) is 9.18 Å². The highest BCUT2D eigenvalue weighted by Crippen LogP contribution is 2.10. The zero-order valence-electron chi connectivity index (χ0n) is 7.30. The molecule has 3 heteroatoms. The Morgan fingerprint density at radius 1 is 1.54 bits per heavy atom. The molecule has 2 nitrogen and oxygen atoms in total. The molecule has 0 unspecified atom stereocenters. The molecule has 0 fully saturated rings. The van der Waals surface area contributed by atoms with Gasteiger partial charge < -0.3 is 5.32 Å². The number of anilines is 1. The monoisotopic (exact) mass is 179 g/mol. The third kappa shape index (κ3) is 2.71. The maximum absolute atomic E-state index is 12.3. The molecular weight excluding hydrogens is 169 g/mol. The molecule has 0 saturated carbocycles. The van der Waals surface area contributed by atoms with Gasteiger partial charge in [-0.2, -0.15) is 0 Å². The van der Waals surface area contributed by atoms with Crippen molar-refractivity contribution >= 4 is 11.6 Å². The topological polar surface area (TPSA) is 29.1 Å². The molecule has 0 saturated heterocycles. The van der Waals surface area contributed by atoms with Crippen molar-refractivity contribution < 1.29 is 9.18 Å². The highest BCUT2D eigenvalue weighted by atomic mass is 19.1. The van der Waals surface area contributed by atoms with E-state index in [4.69, 9.17) is 0 Å². The maximum atomic E-state index is 12.3. The van der Waals surface area contributed by atoms with E-state index in [1.165, 1.54) is 0 Å². The number of carbonyl (C=O) groups is 1. The summed E-state index contributed by atoms with van der Waals surface area (Å²) in [5.74, 6) is -1.79. The van der Waals surface area contributed by atoms with E-state index in [2.05, 4.69) is 11.9 Å². The molecule has 0 aromatic heterocycles. The number of halogens is 1. The van der Waals surface area contributed by atoms with Gasteiger partial charge >= 0.3 is 0 Å². The van der Waals surface area contributed by atoms with Crippen LogP contribution in [0.1, 0.15) is 5.56 Å². The van der Waals surface area contributed by atoms with Gasteiger partial charge in [0, 0.05) is 5.69 Å². The zero-order chi connectivity index (χ0) is 9.84. The lowest BCUT2D eigenvalue weighted by Crippen LogP contribution is -2.10. The molecule has 0 heterocycles. The van der Waals surface area contributed by atoms with Crippen molar-refractivity contribution in [1.82, 2.24) is 0 Å². The van der Waals surface area contributed by atoms with Gasteiger partial charge in [-0.05, 0) is 24.6 Å². The van der Waals surface area contributed by atoms with Crippen molar-refractivity contribution in [3.8, 4) is 0 Å². The number of rotatable bonds is 2. The van der Waals surface area contributed by atoms with Crippen molar-refractivity contribution in [1.29, 1.82) is 0 Å². The van der Waals surface area contributed by atoms with E-state index in [0.717, 1.165) is 5.56 Å². The number of aryl methyl sites for hydroxylation is 1. The van der Waals surface area contributed by atoms with E-state index in [0.29, 0.717) is 5.69 Å². The molecule has 0 radical (unpaired) electrons. The minimum atomic E-state index is -0.985. The highest BCUT2D eigenvalue weighted by Gasteiger charge is 2.04. The Morgan fingerprint density at radius 3 is 2.77 bits per heavy atom. The summed E-state index contributed by atoms with van der Waals surface area (Å²) in [7, 11) is 0. The molecule has 0 aliphatic heterocycles. The predicted molar refractivity (Wildman–Crippen MR) is 50.1 cm³/mol. The second-order valence-electron chi connectivity index (χ2n) is 2.73. The molecule has 1 rings (SSSR count). The van der Waals surface area contributed by atoms with Crippen LogP contribution in [0.5, 0.6) is 0 Å². The summed E-state index contributed by atoms with van der Waals surface area (Å²) in [4.78, 5) is 10.8. The Kier molecular flexibility index (Phi) is 2.80. The van der Waals surface area contributed by atoms with Crippen molar-refractivity contribution in [3.05, 3.63) is 42.2 Å². The molecule has 0 spiro atoms. The van der Waals surface area contributed by atoms with Gasteiger partial charge in [0.2, 0.25) is 0 Å². The first kappa shape index (κ1) is 9.45. The lowest BCUT2D eigenvalue weighted by atomic mass is 10.2. The normalized spacial score (nSPS) is 9.38. The fourth-order valence-corrected chi connectivity index (χ4v) is 0.922. The average Bonchev–Trinajstić information content (AvgIpc) is 2.04. The molecular formula is C10H10FNO. The second-order valence-corrected chi connectivity index (χ2v) is 2.73. The van der Waals surface area contributed by atoms with Gasteiger partial charge in [0.25, 0.3) is 5.91 Å². The molecule has 1 amide bonds. The van der Waals surface area contributed by atoms with Crippen molar-refractivity contribution in [2.75, 3.05) is 5.32 Å². The molecule has 68 valence electrons. The summed E-state index contributed by atoms with van der Waals surface area (Å²) < 4.78 is 12.3. The number of carbonyl (C=O) groups excluding carboxylic acids is 1. The Labute approximate surface area is 76.1 Å². The lowest BCUT2D eigenvalue weighted by Gasteiger charge is -2.02. The van der Waals surface area contributed by atoms with E-state index in [1.807, 2.05) is 13.0 Å². The van der Waals surface area contributed by atoms with Crippen LogP contribution in [0.4, 0.5) is 10.1 Å². The predicted octanol–water partition coefficient (Wildman–Crippen LogP) is 2.42. The first-order valence-corrected chi connectivity index (χ1v) is 3.82. The lowest BCUT2D eigenvalue weighted by molar-refractivity contribution is -0.114. The van der Waals surface area contributed by atoms with Crippen LogP contribution >= 0.6 is 0 Å². The van der Waals surface area contributed by atoms with E-state index >= 15 is 0 Å². The standard InChI is InChI=1S/C10H10FNO/c1-7-4-3-5-9(6-7)12-10(13)8(2)11/h3-6H,2H2,1H3,(H,12,13).